The molecular formula is C8H12N2O2S. The second kappa shape index (κ2) is 4.94. The summed E-state index contributed by atoms with van der Waals surface area (Å²) < 4.78 is 8.78. The van der Waals surface area contributed by atoms with Crippen LogP contribution in [0.25, 0.3) is 0 Å². The van der Waals surface area contributed by atoms with Gasteiger partial charge in [0.25, 0.3) is 5.91 Å². The van der Waals surface area contributed by atoms with Gasteiger partial charge in [-0.25, -0.2) is 0 Å². The molecule has 0 spiro atoms. The molecule has 0 aliphatic carbocycles. The Morgan fingerprint density at radius 3 is 3.08 bits per heavy atom. The number of nitrogens with zero attached hydrogens (tertiary/aromatic N) is 1. The zero-order valence-electron chi connectivity index (χ0n) is 7.66. The van der Waals surface area contributed by atoms with Crippen LogP contribution in [-0.4, -0.2) is 30.5 Å². The number of methoxy groups -OCH3 is 1. The van der Waals surface area contributed by atoms with E-state index >= 15 is 0 Å². The molecule has 0 bridgehead atoms. The predicted molar refractivity (Wildman–Crippen MR) is 51.1 cm³/mol. The van der Waals surface area contributed by atoms with E-state index in [4.69, 9.17) is 4.74 Å². The van der Waals surface area contributed by atoms with E-state index in [1.807, 2.05) is 6.92 Å². The molecule has 1 aromatic heterocycles. The number of ether oxygens (including phenoxy) is 1. The van der Waals surface area contributed by atoms with E-state index < -0.39 is 0 Å². The summed E-state index contributed by atoms with van der Waals surface area (Å²) >= 11 is 1.33. The van der Waals surface area contributed by atoms with E-state index in [0.717, 1.165) is 4.88 Å². The van der Waals surface area contributed by atoms with Gasteiger partial charge in [0.1, 0.15) is 5.69 Å². The van der Waals surface area contributed by atoms with Crippen LogP contribution in [0.4, 0.5) is 0 Å². The third-order valence-corrected chi connectivity index (χ3v) is 2.15. The fraction of sp³-hybridized carbons (Fsp3) is 0.500. The van der Waals surface area contributed by atoms with Crippen LogP contribution in [-0.2, 0) is 4.74 Å². The first-order chi connectivity index (χ1) is 6.24. The van der Waals surface area contributed by atoms with Gasteiger partial charge in [0.05, 0.1) is 6.61 Å². The highest BCUT2D eigenvalue weighted by molar-refractivity contribution is 7.05. The number of aryl methyl sites for hydroxylation is 1. The van der Waals surface area contributed by atoms with Crippen molar-refractivity contribution in [2.24, 2.45) is 0 Å². The van der Waals surface area contributed by atoms with Crippen molar-refractivity contribution in [1.82, 2.24) is 9.69 Å². The van der Waals surface area contributed by atoms with Crippen molar-refractivity contribution in [3.05, 3.63) is 16.6 Å². The number of nitrogens with one attached hydrogen (secondary N) is 1. The zero-order valence-corrected chi connectivity index (χ0v) is 8.48. The third kappa shape index (κ3) is 3.12. The Morgan fingerprint density at radius 1 is 1.77 bits per heavy atom. The van der Waals surface area contributed by atoms with E-state index in [9.17, 15) is 4.79 Å². The van der Waals surface area contributed by atoms with Crippen molar-refractivity contribution < 1.29 is 9.53 Å². The number of rotatable bonds is 4. The molecule has 0 saturated carbocycles. The van der Waals surface area contributed by atoms with E-state index in [-0.39, 0.29) is 5.91 Å². The van der Waals surface area contributed by atoms with Crippen LogP contribution in [0.1, 0.15) is 15.4 Å². The minimum Gasteiger partial charge on any atom is -0.383 e. The molecule has 0 unspecified atom stereocenters. The van der Waals surface area contributed by atoms with Crippen molar-refractivity contribution in [2.45, 2.75) is 6.92 Å². The molecule has 13 heavy (non-hydrogen) atoms. The quantitative estimate of drug-likeness (QED) is 0.732. The summed E-state index contributed by atoms with van der Waals surface area (Å²) in [5.41, 5.74) is 0.485. The molecule has 72 valence electrons. The van der Waals surface area contributed by atoms with E-state index in [2.05, 4.69) is 9.69 Å². The number of aromatic nitrogens is 1. The smallest absolute Gasteiger partial charge is 0.271 e. The summed E-state index contributed by atoms with van der Waals surface area (Å²) in [7, 11) is 1.60. The van der Waals surface area contributed by atoms with Crippen LogP contribution in [0.15, 0.2) is 6.07 Å². The normalized spacial score (nSPS) is 10.0. The summed E-state index contributed by atoms with van der Waals surface area (Å²) in [4.78, 5) is 12.3. The fourth-order valence-corrected chi connectivity index (χ4v) is 1.37. The van der Waals surface area contributed by atoms with Crippen LogP contribution >= 0.6 is 11.5 Å². The minimum absolute atomic E-state index is 0.138. The van der Waals surface area contributed by atoms with Crippen molar-refractivity contribution in [2.75, 3.05) is 20.3 Å². The van der Waals surface area contributed by atoms with Crippen molar-refractivity contribution in [1.29, 1.82) is 0 Å². The van der Waals surface area contributed by atoms with Gasteiger partial charge < -0.3 is 10.1 Å². The third-order valence-electron chi connectivity index (χ3n) is 1.45. The van der Waals surface area contributed by atoms with Crippen molar-refractivity contribution >= 4 is 17.4 Å². The average molecular weight is 200 g/mol. The first-order valence-electron chi connectivity index (χ1n) is 3.94. The van der Waals surface area contributed by atoms with Gasteiger partial charge in [-0.1, -0.05) is 0 Å². The Kier molecular flexibility index (Phi) is 3.85. The Bertz CT molecular complexity index is 285. The lowest BCUT2D eigenvalue weighted by molar-refractivity contribution is 0.0933. The highest BCUT2D eigenvalue weighted by Gasteiger charge is 2.07. The molecule has 5 heteroatoms. The maximum Gasteiger partial charge on any atom is 0.271 e. The summed E-state index contributed by atoms with van der Waals surface area (Å²) in [5, 5.41) is 2.69. The van der Waals surface area contributed by atoms with Crippen LogP contribution in [0.5, 0.6) is 0 Å². The lowest BCUT2D eigenvalue weighted by Gasteiger charge is -2.00. The van der Waals surface area contributed by atoms with Gasteiger partial charge in [0.15, 0.2) is 0 Å². The second-order valence-corrected chi connectivity index (χ2v) is 3.58. The second-order valence-electron chi connectivity index (χ2n) is 2.57. The van der Waals surface area contributed by atoms with Gasteiger partial charge in [-0.3, -0.25) is 4.79 Å². The minimum atomic E-state index is -0.138. The molecule has 1 N–H and O–H groups in total. The van der Waals surface area contributed by atoms with Crippen LogP contribution in [0.3, 0.4) is 0 Å². The maximum absolute atomic E-state index is 11.3. The monoisotopic (exact) mass is 200 g/mol. The van der Waals surface area contributed by atoms with Gasteiger partial charge in [-0.05, 0) is 24.5 Å². The number of hydrogen-bond acceptors (Lipinski definition) is 4. The molecule has 0 atom stereocenters. The Balaban J connectivity index is 2.40. The van der Waals surface area contributed by atoms with Gasteiger partial charge >= 0.3 is 0 Å². The Morgan fingerprint density at radius 2 is 2.54 bits per heavy atom. The first-order valence-corrected chi connectivity index (χ1v) is 4.72. The predicted octanol–water partition coefficient (Wildman–Crippen LogP) is 0.828. The van der Waals surface area contributed by atoms with Crippen molar-refractivity contribution in [3.63, 3.8) is 0 Å². The fourth-order valence-electron chi connectivity index (χ4n) is 0.831. The number of carbonyl (C=O) groups excluding carboxylic acids is 1. The van der Waals surface area contributed by atoms with Crippen LogP contribution < -0.4 is 5.32 Å². The molecule has 1 amide bonds. The zero-order chi connectivity index (χ0) is 9.68. The molecule has 0 aromatic carbocycles. The SMILES string of the molecule is COCCNC(=O)c1cc(C)sn1. The molecule has 1 aromatic rings. The average Bonchev–Trinajstić information content (AvgIpc) is 2.52. The first kappa shape index (κ1) is 10.1. The van der Waals surface area contributed by atoms with Gasteiger partial charge in [0, 0.05) is 18.5 Å². The van der Waals surface area contributed by atoms with Gasteiger partial charge in [-0.15, -0.1) is 0 Å². The lowest BCUT2D eigenvalue weighted by atomic mass is 10.3. The summed E-state index contributed by atoms with van der Waals surface area (Å²) in [6, 6.07) is 1.77. The van der Waals surface area contributed by atoms with E-state index in [1.165, 1.54) is 11.5 Å². The summed E-state index contributed by atoms with van der Waals surface area (Å²) in [6.07, 6.45) is 0. The molecule has 0 saturated heterocycles. The molecule has 0 radical (unpaired) electrons. The maximum atomic E-state index is 11.3. The lowest BCUT2D eigenvalue weighted by Crippen LogP contribution is -2.27. The summed E-state index contributed by atoms with van der Waals surface area (Å²) in [6.45, 7) is 2.96. The van der Waals surface area contributed by atoms with Gasteiger partial charge in [0.2, 0.25) is 0 Å². The van der Waals surface area contributed by atoms with E-state index in [1.54, 1.807) is 13.2 Å². The molecular weight excluding hydrogens is 188 g/mol. The number of hydrogen-bond donors (Lipinski definition) is 1. The van der Waals surface area contributed by atoms with Crippen LogP contribution in [0, 0.1) is 6.92 Å². The van der Waals surface area contributed by atoms with Crippen molar-refractivity contribution in [3.8, 4) is 0 Å². The Hall–Kier alpha value is -0.940. The number of amides is 1. The van der Waals surface area contributed by atoms with E-state index in [0.29, 0.717) is 18.8 Å². The van der Waals surface area contributed by atoms with Gasteiger partial charge in [-0.2, -0.15) is 4.37 Å². The summed E-state index contributed by atoms with van der Waals surface area (Å²) in [5.74, 6) is -0.138. The van der Waals surface area contributed by atoms with Crippen LogP contribution in [0.2, 0.25) is 0 Å². The molecule has 0 aliphatic rings. The molecule has 1 heterocycles. The molecule has 0 aliphatic heterocycles. The highest BCUT2D eigenvalue weighted by atomic mass is 32.1. The highest BCUT2D eigenvalue weighted by Crippen LogP contribution is 2.07. The number of carbonyl (C=O) groups is 1. The molecule has 1 rings (SSSR count). The topological polar surface area (TPSA) is 51.2 Å². The standard InChI is InChI=1S/C8H12N2O2S/c1-6-5-7(10-13-6)8(11)9-3-4-12-2/h5H,3-4H2,1-2H3,(H,9,11). The Labute approximate surface area is 81.1 Å². The largest absolute Gasteiger partial charge is 0.383 e. The molecule has 4 nitrogen and oxygen atoms in total. The molecule has 0 fully saturated rings.